The van der Waals surface area contributed by atoms with Crippen LogP contribution in [0.25, 0.3) is 0 Å². The van der Waals surface area contributed by atoms with Crippen molar-refractivity contribution in [2.24, 2.45) is 0 Å². The van der Waals surface area contributed by atoms with Crippen LogP contribution in [0.5, 0.6) is 0 Å². The largest absolute Gasteiger partial charge is 0.472 e. The standard InChI is InChI=1S/C11H14N4O/c1-15(6-8-4-5-16-7-8)10-3-2-9(12)11(13)14-10/h2-5,7H,6,12H2,1H3,(H2,13,14). The first-order valence-corrected chi connectivity index (χ1v) is 4.91. The van der Waals surface area contributed by atoms with Crippen molar-refractivity contribution >= 4 is 17.3 Å². The summed E-state index contributed by atoms with van der Waals surface area (Å²) in [5.41, 5.74) is 12.8. The van der Waals surface area contributed by atoms with Gasteiger partial charge in [-0.3, -0.25) is 0 Å². The Morgan fingerprint density at radius 1 is 1.31 bits per heavy atom. The highest BCUT2D eigenvalue weighted by Gasteiger charge is 2.06. The van der Waals surface area contributed by atoms with E-state index in [4.69, 9.17) is 15.9 Å². The number of nitrogens with two attached hydrogens (primary N) is 2. The van der Waals surface area contributed by atoms with Gasteiger partial charge in [-0.25, -0.2) is 4.98 Å². The van der Waals surface area contributed by atoms with Gasteiger partial charge in [-0.05, 0) is 18.2 Å². The van der Waals surface area contributed by atoms with Crippen LogP contribution in [0.15, 0.2) is 35.1 Å². The molecule has 0 spiro atoms. The number of rotatable bonds is 3. The van der Waals surface area contributed by atoms with E-state index in [0.717, 1.165) is 11.4 Å². The molecule has 16 heavy (non-hydrogen) atoms. The second kappa shape index (κ2) is 4.14. The van der Waals surface area contributed by atoms with E-state index in [1.807, 2.05) is 24.1 Å². The van der Waals surface area contributed by atoms with Crippen LogP contribution in [0.3, 0.4) is 0 Å². The molecule has 2 rings (SSSR count). The van der Waals surface area contributed by atoms with Crippen molar-refractivity contribution in [2.75, 3.05) is 23.4 Å². The smallest absolute Gasteiger partial charge is 0.149 e. The Morgan fingerprint density at radius 3 is 2.75 bits per heavy atom. The van der Waals surface area contributed by atoms with Crippen LogP contribution < -0.4 is 16.4 Å². The van der Waals surface area contributed by atoms with Gasteiger partial charge in [-0.1, -0.05) is 0 Å². The van der Waals surface area contributed by atoms with Crippen LogP contribution in [0.1, 0.15) is 5.56 Å². The molecule has 0 saturated heterocycles. The van der Waals surface area contributed by atoms with Gasteiger partial charge < -0.3 is 20.8 Å². The van der Waals surface area contributed by atoms with E-state index in [-0.39, 0.29) is 0 Å². The van der Waals surface area contributed by atoms with Crippen molar-refractivity contribution in [1.82, 2.24) is 4.98 Å². The Bertz CT molecular complexity index is 467. The molecule has 0 aliphatic carbocycles. The molecule has 0 radical (unpaired) electrons. The minimum absolute atomic E-state index is 0.358. The minimum Gasteiger partial charge on any atom is -0.472 e. The maximum absolute atomic E-state index is 5.65. The zero-order chi connectivity index (χ0) is 11.5. The Kier molecular flexibility index (Phi) is 2.68. The molecule has 84 valence electrons. The van der Waals surface area contributed by atoms with Crippen LogP contribution in [0, 0.1) is 0 Å². The van der Waals surface area contributed by atoms with Gasteiger partial charge in [0.15, 0.2) is 0 Å². The van der Waals surface area contributed by atoms with E-state index in [9.17, 15) is 0 Å². The maximum atomic E-state index is 5.65. The molecule has 2 aromatic rings. The second-order valence-corrected chi connectivity index (χ2v) is 3.63. The van der Waals surface area contributed by atoms with Crippen molar-refractivity contribution in [3.05, 3.63) is 36.3 Å². The summed E-state index contributed by atoms with van der Waals surface area (Å²) in [6.45, 7) is 0.715. The molecule has 5 heteroatoms. The number of nitrogen functional groups attached to an aromatic ring is 2. The first-order chi connectivity index (χ1) is 7.66. The number of furan rings is 1. The molecule has 0 bridgehead atoms. The molecular weight excluding hydrogens is 204 g/mol. The summed E-state index contributed by atoms with van der Waals surface area (Å²) in [6.07, 6.45) is 3.35. The van der Waals surface area contributed by atoms with Gasteiger partial charge in [-0.15, -0.1) is 0 Å². The minimum atomic E-state index is 0.358. The quantitative estimate of drug-likeness (QED) is 0.815. The summed E-state index contributed by atoms with van der Waals surface area (Å²) in [5, 5.41) is 0. The number of pyridine rings is 1. The lowest BCUT2D eigenvalue weighted by atomic mass is 10.3. The second-order valence-electron chi connectivity index (χ2n) is 3.63. The van der Waals surface area contributed by atoms with Crippen molar-refractivity contribution < 1.29 is 4.42 Å². The molecule has 0 aromatic carbocycles. The third-order valence-corrected chi connectivity index (χ3v) is 2.33. The molecule has 0 amide bonds. The summed E-state index contributed by atoms with van der Waals surface area (Å²) in [6, 6.07) is 5.51. The van der Waals surface area contributed by atoms with Crippen LogP contribution in [0.4, 0.5) is 17.3 Å². The highest BCUT2D eigenvalue weighted by Crippen LogP contribution is 2.18. The zero-order valence-corrected chi connectivity index (χ0v) is 9.05. The zero-order valence-electron chi connectivity index (χ0n) is 9.05. The number of anilines is 3. The Balaban J connectivity index is 2.14. The number of nitrogens with zero attached hydrogens (tertiary/aromatic N) is 2. The fourth-order valence-corrected chi connectivity index (χ4v) is 1.42. The summed E-state index contributed by atoms with van der Waals surface area (Å²) >= 11 is 0. The summed E-state index contributed by atoms with van der Waals surface area (Å²) in [4.78, 5) is 6.17. The van der Waals surface area contributed by atoms with Crippen molar-refractivity contribution in [1.29, 1.82) is 0 Å². The number of hydrogen-bond acceptors (Lipinski definition) is 5. The van der Waals surface area contributed by atoms with Gasteiger partial charge in [0.2, 0.25) is 0 Å². The fourth-order valence-electron chi connectivity index (χ4n) is 1.42. The Hall–Kier alpha value is -2.17. The van der Waals surface area contributed by atoms with Gasteiger partial charge in [-0.2, -0.15) is 0 Å². The van der Waals surface area contributed by atoms with E-state index < -0.39 is 0 Å². The third-order valence-electron chi connectivity index (χ3n) is 2.33. The molecule has 5 nitrogen and oxygen atoms in total. The van der Waals surface area contributed by atoms with E-state index in [1.54, 1.807) is 18.6 Å². The highest BCUT2D eigenvalue weighted by atomic mass is 16.3. The van der Waals surface area contributed by atoms with Crippen LogP contribution >= 0.6 is 0 Å². The number of aromatic nitrogens is 1. The van der Waals surface area contributed by atoms with Gasteiger partial charge in [0.05, 0.1) is 18.2 Å². The Morgan fingerprint density at radius 2 is 2.12 bits per heavy atom. The van der Waals surface area contributed by atoms with Gasteiger partial charge in [0.1, 0.15) is 11.6 Å². The molecular formula is C11H14N4O. The molecule has 0 saturated carbocycles. The first kappa shape index (κ1) is 10.4. The summed E-state index contributed by atoms with van der Waals surface area (Å²) in [7, 11) is 1.94. The average Bonchev–Trinajstić information content (AvgIpc) is 2.74. The van der Waals surface area contributed by atoms with E-state index in [2.05, 4.69) is 4.98 Å². The van der Waals surface area contributed by atoms with Crippen molar-refractivity contribution in [2.45, 2.75) is 6.54 Å². The van der Waals surface area contributed by atoms with Crippen molar-refractivity contribution in [3.63, 3.8) is 0 Å². The van der Waals surface area contributed by atoms with E-state index >= 15 is 0 Å². The number of hydrogen-bond donors (Lipinski definition) is 2. The summed E-state index contributed by atoms with van der Waals surface area (Å²) < 4.78 is 5.00. The molecule has 2 heterocycles. The monoisotopic (exact) mass is 218 g/mol. The lowest BCUT2D eigenvalue weighted by molar-refractivity contribution is 0.563. The molecule has 0 aliphatic rings. The van der Waals surface area contributed by atoms with Gasteiger partial charge in [0, 0.05) is 19.2 Å². The average molecular weight is 218 g/mol. The molecule has 2 aromatic heterocycles. The van der Waals surface area contributed by atoms with Crippen molar-refractivity contribution in [3.8, 4) is 0 Å². The lowest BCUT2D eigenvalue weighted by Gasteiger charge is -2.17. The normalized spacial score (nSPS) is 10.3. The third kappa shape index (κ3) is 2.08. The predicted molar refractivity (Wildman–Crippen MR) is 63.9 cm³/mol. The fraction of sp³-hybridized carbons (Fsp3) is 0.182. The molecule has 0 atom stereocenters. The van der Waals surface area contributed by atoms with E-state index in [1.165, 1.54) is 0 Å². The molecule has 4 N–H and O–H groups in total. The highest BCUT2D eigenvalue weighted by molar-refractivity contribution is 5.62. The topological polar surface area (TPSA) is 81.3 Å². The molecule has 0 unspecified atom stereocenters. The molecule has 0 aliphatic heterocycles. The molecule has 0 fully saturated rings. The van der Waals surface area contributed by atoms with E-state index in [0.29, 0.717) is 18.1 Å². The van der Waals surface area contributed by atoms with Crippen LogP contribution in [-0.2, 0) is 6.54 Å². The predicted octanol–water partition coefficient (Wildman–Crippen LogP) is 1.48. The maximum Gasteiger partial charge on any atom is 0.149 e. The SMILES string of the molecule is CN(Cc1ccoc1)c1ccc(N)c(N)n1. The first-order valence-electron chi connectivity index (χ1n) is 4.91. The van der Waals surface area contributed by atoms with Gasteiger partial charge >= 0.3 is 0 Å². The Labute approximate surface area is 93.7 Å². The summed E-state index contributed by atoms with van der Waals surface area (Å²) in [5.74, 6) is 1.14. The van der Waals surface area contributed by atoms with Crippen LogP contribution in [-0.4, -0.2) is 12.0 Å². The van der Waals surface area contributed by atoms with Gasteiger partial charge in [0.25, 0.3) is 0 Å². The lowest BCUT2D eigenvalue weighted by Crippen LogP contribution is -2.18. The van der Waals surface area contributed by atoms with Crippen LogP contribution in [0.2, 0.25) is 0 Å².